The third kappa shape index (κ3) is 61.8. The van der Waals surface area contributed by atoms with E-state index >= 15 is 0 Å². The number of nitrogens with one attached hydrogen (secondary N) is 1. The Kier molecular flexibility index (Phi) is 64.9. The number of hydrogen-bond acceptors (Lipinski definition) is 5. The van der Waals surface area contributed by atoms with Crippen molar-refractivity contribution in [3.8, 4) is 0 Å². The Bertz CT molecular complexity index is 1140. The zero-order valence-electron chi connectivity index (χ0n) is 51.8. The first-order chi connectivity index (χ1) is 37.5. The van der Waals surface area contributed by atoms with Gasteiger partial charge in [-0.3, -0.25) is 9.59 Å². The fourth-order valence-corrected chi connectivity index (χ4v) is 11.2. The van der Waals surface area contributed by atoms with Crippen molar-refractivity contribution in [3.63, 3.8) is 0 Å². The summed E-state index contributed by atoms with van der Waals surface area (Å²) in [6.07, 6.45) is 81.1. The molecule has 2 unspecified atom stereocenters. The number of aliphatic hydroxyl groups is 2. The van der Waals surface area contributed by atoms with Crippen LogP contribution in [0.5, 0.6) is 0 Å². The van der Waals surface area contributed by atoms with Gasteiger partial charge < -0.3 is 20.3 Å². The minimum absolute atomic E-state index is 0.0168. The van der Waals surface area contributed by atoms with Crippen LogP contribution in [0.3, 0.4) is 0 Å². The van der Waals surface area contributed by atoms with Crippen LogP contribution in [-0.4, -0.2) is 47.4 Å². The zero-order valence-corrected chi connectivity index (χ0v) is 51.8. The average molecular weight is 1070 g/mol. The van der Waals surface area contributed by atoms with E-state index in [1.165, 1.54) is 327 Å². The Balaban J connectivity index is 3.38. The predicted octanol–water partition coefficient (Wildman–Crippen LogP) is 22.4. The molecule has 0 aromatic rings. The summed E-state index contributed by atoms with van der Waals surface area (Å²) in [5, 5.41) is 23.4. The van der Waals surface area contributed by atoms with Crippen LogP contribution in [0.1, 0.15) is 399 Å². The summed E-state index contributed by atoms with van der Waals surface area (Å²) >= 11 is 0. The van der Waals surface area contributed by atoms with Crippen LogP contribution in [-0.2, 0) is 14.3 Å². The van der Waals surface area contributed by atoms with Crippen LogP contribution in [0.4, 0.5) is 0 Å². The number of ether oxygens (including phenoxy) is 1. The first kappa shape index (κ1) is 74.6. The van der Waals surface area contributed by atoms with E-state index in [4.69, 9.17) is 4.74 Å². The Morgan fingerprint density at radius 2 is 0.618 bits per heavy atom. The highest BCUT2D eigenvalue weighted by Gasteiger charge is 2.20. The highest BCUT2D eigenvalue weighted by atomic mass is 16.5. The molecule has 0 saturated carbocycles. The number of allylic oxidation sites excluding steroid dienone is 2. The van der Waals surface area contributed by atoms with E-state index in [2.05, 4.69) is 31.3 Å². The topological polar surface area (TPSA) is 95.9 Å². The summed E-state index contributed by atoms with van der Waals surface area (Å²) in [6, 6.07) is -0.542. The van der Waals surface area contributed by atoms with Crippen molar-refractivity contribution < 1.29 is 24.5 Å². The Hall–Kier alpha value is -1.40. The number of carbonyl (C=O) groups is 2. The monoisotopic (exact) mass is 1070 g/mol. The van der Waals surface area contributed by atoms with Gasteiger partial charge in [-0.1, -0.05) is 347 Å². The van der Waals surface area contributed by atoms with Gasteiger partial charge in [0.1, 0.15) is 0 Å². The van der Waals surface area contributed by atoms with Crippen LogP contribution in [0.15, 0.2) is 12.2 Å². The number of rotatable bonds is 66. The fourth-order valence-electron chi connectivity index (χ4n) is 11.2. The largest absolute Gasteiger partial charge is 0.466 e. The summed E-state index contributed by atoms with van der Waals surface area (Å²) in [5.74, 6) is -0.0144. The van der Waals surface area contributed by atoms with Gasteiger partial charge in [-0.25, -0.2) is 0 Å². The number of amides is 1. The Labute approximate surface area is 476 Å². The number of hydrogen-bond donors (Lipinski definition) is 3. The van der Waals surface area contributed by atoms with E-state index < -0.39 is 12.1 Å². The van der Waals surface area contributed by atoms with Crippen molar-refractivity contribution in [3.05, 3.63) is 12.2 Å². The molecule has 0 aliphatic carbocycles. The summed E-state index contributed by atoms with van der Waals surface area (Å²) in [5.41, 5.74) is 0. The molecule has 0 aromatic carbocycles. The molecule has 0 rings (SSSR count). The summed E-state index contributed by atoms with van der Waals surface area (Å²) in [4.78, 5) is 24.6. The van der Waals surface area contributed by atoms with E-state index in [1.54, 1.807) is 0 Å². The number of carbonyl (C=O) groups excluding carboxylic acids is 2. The van der Waals surface area contributed by atoms with E-state index in [0.717, 1.165) is 38.5 Å². The van der Waals surface area contributed by atoms with Crippen molar-refractivity contribution in [2.24, 2.45) is 0 Å². The molecule has 0 fully saturated rings. The first-order valence-electron chi connectivity index (χ1n) is 34.9. The average Bonchev–Trinajstić information content (AvgIpc) is 3.42. The van der Waals surface area contributed by atoms with Gasteiger partial charge in [-0.05, 0) is 51.4 Å². The smallest absolute Gasteiger partial charge is 0.305 e. The highest BCUT2D eigenvalue weighted by molar-refractivity contribution is 5.76. The third-order valence-electron chi connectivity index (χ3n) is 16.6. The standard InChI is InChI=1S/C70H137NO5/c1-3-5-7-9-11-13-15-17-18-19-20-30-33-36-39-42-46-50-54-58-62-68(73)67(66-72)71-69(74)63-59-55-51-47-43-40-37-34-31-28-26-24-22-21-23-25-27-29-32-35-38-41-45-49-53-57-61-65-76-70(75)64-60-56-52-48-44-16-14-12-10-8-6-4-2/h21-22,67-68,72-73H,3-20,23-66H2,1-2H3,(H,71,74)/b22-21-. The van der Waals surface area contributed by atoms with Crippen LogP contribution in [0.2, 0.25) is 0 Å². The van der Waals surface area contributed by atoms with Crippen molar-refractivity contribution in [2.45, 2.75) is 411 Å². The molecule has 0 bridgehead atoms. The SMILES string of the molecule is CCCCCCCCCCCCCCCCCCCCCCC(O)C(CO)NC(=O)CCCCCCCCCCCCC/C=C\CCCCCCCCCCCCCCOC(=O)CCCCCCCCCCCCCC. The van der Waals surface area contributed by atoms with Crippen molar-refractivity contribution in [1.29, 1.82) is 0 Å². The van der Waals surface area contributed by atoms with E-state index in [-0.39, 0.29) is 18.5 Å². The molecule has 1 amide bonds. The molecule has 0 heterocycles. The van der Waals surface area contributed by atoms with Gasteiger partial charge in [0, 0.05) is 12.8 Å². The molecule has 0 aliphatic heterocycles. The van der Waals surface area contributed by atoms with Gasteiger partial charge in [-0.2, -0.15) is 0 Å². The summed E-state index contributed by atoms with van der Waals surface area (Å²) in [6.45, 7) is 4.99. The quantitative estimate of drug-likeness (QED) is 0.0320. The highest BCUT2D eigenvalue weighted by Crippen LogP contribution is 2.19. The van der Waals surface area contributed by atoms with Crippen molar-refractivity contribution in [2.75, 3.05) is 13.2 Å². The van der Waals surface area contributed by atoms with Crippen LogP contribution in [0.25, 0.3) is 0 Å². The molecule has 76 heavy (non-hydrogen) atoms. The minimum Gasteiger partial charge on any atom is -0.466 e. The normalized spacial score (nSPS) is 12.5. The predicted molar refractivity (Wildman–Crippen MR) is 333 cm³/mol. The molecule has 6 nitrogen and oxygen atoms in total. The van der Waals surface area contributed by atoms with Crippen LogP contribution in [0, 0.1) is 0 Å². The minimum atomic E-state index is -0.665. The van der Waals surface area contributed by atoms with Gasteiger partial charge in [0.15, 0.2) is 0 Å². The van der Waals surface area contributed by atoms with Gasteiger partial charge in [0.05, 0.1) is 25.4 Å². The molecule has 3 N–H and O–H groups in total. The second kappa shape index (κ2) is 66.1. The maximum Gasteiger partial charge on any atom is 0.305 e. The number of aliphatic hydroxyl groups excluding tert-OH is 2. The lowest BCUT2D eigenvalue weighted by Crippen LogP contribution is -2.45. The van der Waals surface area contributed by atoms with Crippen LogP contribution < -0.4 is 5.32 Å². The van der Waals surface area contributed by atoms with Gasteiger partial charge >= 0.3 is 5.97 Å². The molecule has 452 valence electrons. The van der Waals surface area contributed by atoms with E-state index in [1.807, 2.05) is 0 Å². The maximum atomic E-state index is 12.5. The maximum absolute atomic E-state index is 12.5. The van der Waals surface area contributed by atoms with Gasteiger partial charge in [-0.15, -0.1) is 0 Å². The molecule has 0 radical (unpaired) electrons. The Morgan fingerprint density at radius 1 is 0.355 bits per heavy atom. The third-order valence-corrected chi connectivity index (χ3v) is 16.6. The van der Waals surface area contributed by atoms with Crippen LogP contribution >= 0.6 is 0 Å². The van der Waals surface area contributed by atoms with E-state index in [0.29, 0.717) is 25.9 Å². The van der Waals surface area contributed by atoms with Crippen molar-refractivity contribution >= 4 is 11.9 Å². The molecular weight excluding hydrogens is 935 g/mol. The Morgan fingerprint density at radius 3 is 0.934 bits per heavy atom. The lowest BCUT2D eigenvalue weighted by Gasteiger charge is -2.22. The second-order valence-corrected chi connectivity index (χ2v) is 24.2. The van der Waals surface area contributed by atoms with Crippen molar-refractivity contribution in [1.82, 2.24) is 5.32 Å². The number of unbranched alkanes of at least 4 members (excludes halogenated alkanes) is 53. The lowest BCUT2D eigenvalue weighted by atomic mass is 10.0. The first-order valence-corrected chi connectivity index (χ1v) is 34.9. The zero-order chi connectivity index (χ0) is 55.0. The second-order valence-electron chi connectivity index (χ2n) is 24.2. The van der Waals surface area contributed by atoms with Gasteiger partial charge in [0.25, 0.3) is 0 Å². The number of esters is 1. The lowest BCUT2D eigenvalue weighted by molar-refractivity contribution is -0.143. The molecular formula is C70H137NO5. The molecule has 0 aliphatic rings. The van der Waals surface area contributed by atoms with Gasteiger partial charge in [0.2, 0.25) is 5.91 Å². The summed E-state index contributed by atoms with van der Waals surface area (Å²) in [7, 11) is 0. The molecule has 0 aromatic heterocycles. The summed E-state index contributed by atoms with van der Waals surface area (Å²) < 4.78 is 5.48. The fraction of sp³-hybridized carbons (Fsp3) is 0.943. The molecule has 0 saturated heterocycles. The molecule has 0 spiro atoms. The molecule has 2 atom stereocenters. The van der Waals surface area contributed by atoms with E-state index in [9.17, 15) is 19.8 Å². The molecule has 6 heteroatoms.